The van der Waals surface area contributed by atoms with E-state index in [1.165, 1.54) is 0 Å². The molecule has 1 saturated heterocycles. The molecule has 2 rings (SSSR count). The highest BCUT2D eigenvalue weighted by Gasteiger charge is 2.30. The minimum atomic E-state index is -0.0818. The number of carbonyl (C=O) groups is 1. The molecule has 5 nitrogen and oxygen atoms in total. The molecular weight excluding hydrogens is 272 g/mol. The van der Waals surface area contributed by atoms with Gasteiger partial charge in [0.2, 0.25) is 5.91 Å². The summed E-state index contributed by atoms with van der Waals surface area (Å²) in [6.45, 7) is 8.88. The van der Waals surface area contributed by atoms with Gasteiger partial charge in [0, 0.05) is 24.5 Å². The number of rotatable bonds is 6. The van der Waals surface area contributed by atoms with Crippen LogP contribution in [0.5, 0.6) is 0 Å². The molecule has 1 aliphatic rings. The van der Waals surface area contributed by atoms with Crippen molar-refractivity contribution in [3.05, 3.63) is 11.1 Å². The smallest absolute Gasteiger partial charge is 0.242 e. The zero-order valence-corrected chi connectivity index (χ0v) is 13.3. The highest BCUT2D eigenvalue weighted by Crippen LogP contribution is 2.27. The summed E-state index contributed by atoms with van der Waals surface area (Å²) in [6, 6.07) is 0.181. The lowest BCUT2D eigenvalue weighted by molar-refractivity contribution is -0.123. The number of aromatic nitrogens is 1. The van der Waals surface area contributed by atoms with Crippen molar-refractivity contribution in [3.8, 4) is 0 Å². The topological polar surface area (TPSA) is 57.3 Å². The van der Waals surface area contributed by atoms with E-state index in [-0.39, 0.29) is 18.0 Å². The summed E-state index contributed by atoms with van der Waals surface area (Å²) in [6.07, 6.45) is 1.93. The molecule has 1 aromatic rings. The van der Waals surface area contributed by atoms with Crippen LogP contribution in [0, 0.1) is 0 Å². The zero-order valence-electron chi connectivity index (χ0n) is 12.5. The van der Waals surface area contributed by atoms with Crippen molar-refractivity contribution in [1.29, 1.82) is 0 Å². The van der Waals surface area contributed by atoms with Crippen molar-refractivity contribution < 1.29 is 4.79 Å². The van der Waals surface area contributed by atoms with Crippen molar-refractivity contribution in [2.24, 2.45) is 0 Å². The molecule has 6 heteroatoms. The van der Waals surface area contributed by atoms with E-state index < -0.39 is 0 Å². The maximum absolute atomic E-state index is 11.9. The second-order valence-corrected chi connectivity index (χ2v) is 5.98. The lowest BCUT2D eigenvalue weighted by Crippen LogP contribution is -2.55. The minimum absolute atomic E-state index is 0.0818. The normalized spacial score (nSPS) is 20.9. The molecule has 2 unspecified atom stereocenters. The molecule has 0 aliphatic carbocycles. The van der Waals surface area contributed by atoms with Crippen LogP contribution < -0.4 is 15.5 Å². The van der Waals surface area contributed by atoms with Crippen molar-refractivity contribution in [2.75, 3.05) is 24.5 Å². The van der Waals surface area contributed by atoms with E-state index in [1.54, 1.807) is 11.3 Å². The molecule has 2 atom stereocenters. The summed E-state index contributed by atoms with van der Waals surface area (Å²) in [4.78, 5) is 18.8. The SMILES string of the molecule is CCCNC(C)c1csc(N2CCNC(=O)C2CC)n1. The van der Waals surface area contributed by atoms with Gasteiger partial charge in [-0.2, -0.15) is 0 Å². The van der Waals surface area contributed by atoms with Crippen LogP contribution in [-0.4, -0.2) is 36.6 Å². The van der Waals surface area contributed by atoms with E-state index in [0.717, 1.165) is 36.8 Å². The Bertz CT molecular complexity index is 448. The first-order valence-corrected chi connectivity index (χ1v) is 8.28. The number of hydrogen-bond donors (Lipinski definition) is 2. The molecule has 112 valence electrons. The van der Waals surface area contributed by atoms with Crippen LogP contribution in [0.25, 0.3) is 0 Å². The molecule has 1 aliphatic heterocycles. The van der Waals surface area contributed by atoms with Crippen molar-refractivity contribution in [3.63, 3.8) is 0 Å². The number of thiazole rings is 1. The Morgan fingerprint density at radius 3 is 3.10 bits per heavy atom. The van der Waals surface area contributed by atoms with E-state index in [1.807, 2.05) is 6.92 Å². The summed E-state index contributed by atoms with van der Waals surface area (Å²) < 4.78 is 0. The summed E-state index contributed by atoms with van der Waals surface area (Å²) in [5.74, 6) is 0.118. The van der Waals surface area contributed by atoms with E-state index in [0.29, 0.717) is 6.54 Å². The van der Waals surface area contributed by atoms with Gasteiger partial charge in [-0.25, -0.2) is 4.98 Å². The molecule has 1 amide bonds. The van der Waals surface area contributed by atoms with Crippen molar-refractivity contribution in [2.45, 2.75) is 45.7 Å². The number of hydrogen-bond acceptors (Lipinski definition) is 5. The van der Waals surface area contributed by atoms with E-state index in [4.69, 9.17) is 4.98 Å². The fourth-order valence-electron chi connectivity index (χ4n) is 2.42. The summed E-state index contributed by atoms with van der Waals surface area (Å²) >= 11 is 1.63. The van der Waals surface area contributed by atoms with E-state index in [2.05, 4.69) is 34.8 Å². The second kappa shape index (κ2) is 7.04. The fraction of sp³-hybridized carbons (Fsp3) is 0.714. The largest absolute Gasteiger partial charge is 0.353 e. The van der Waals surface area contributed by atoms with Gasteiger partial charge in [0.25, 0.3) is 0 Å². The van der Waals surface area contributed by atoms with Crippen LogP contribution in [-0.2, 0) is 4.79 Å². The van der Waals surface area contributed by atoms with Crippen LogP contribution in [0.15, 0.2) is 5.38 Å². The third kappa shape index (κ3) is 3.30. The molecule has 1 fully saturated rings. The number of amides is 1. The summed E-state index contributed by atoms with van der Waals surface area (Å²) in [5, 5.41) is 9.43. The van der Waals surface area contributed by atoms with Gasteiger partial charge in [-0.3, -0.25) is 4.79 Å². The van der Waals surface area contributed by atoms with Crippen LogP contribution in [0.2, 0.25) is 0 Å². The predicted molar refractivity (Wildman–Crippen MR) is 83.3 cm³/mol. The van der Waals surface area contributed by atoms with Gasteiger partial charge in [0.1, 0.15) is 6.04 Å². The van der Waals surface area contributed by atoms with Crippen molar-refractivity contribution in [1.82, 2.24) is 15.6 Å². The first-order chi connectivity index (χ1) is 9.67. The lowest BCUT2D eigenvalue weighted by Gasteiger charge is -2.34. The molecule has 1 aromatic heterocycles. The van der Waals surface area contributed by atoms with Gasteiger partial charge in [-0.1, -0.05) is 13.8 Å². The van der Waals surface area contributed by atoms with Gasteiger partial charge in [-0.15, -0.1) is 11.3 Å². The monoisotopic (exact) mass is 296 g/mol. The molecule has 0 saturated carbocycles. The van der Waals surface area contributed by atoms with Crippen LogP contribution >= 0.6 is 11.3 Å². The van der Waals surface area contributed by atoms with E-state index >= 15 is 0 Å². The number of carbonyl (C=O) groups excluding carboxylic acids is 1. The van der Waals surface area contributed by atoms with Crippen LogP contribution in [0.4, 0.5) is 5.13 Å². The van der Waals surface area contributed by atoms with Gasteiger partial charge < -0.3 is 15.5 Å². The van der Waals surface area contributed by atoms with Gasteiger partial charge in [0.05, 0.1) is 5.69 Å². The second-order valence-electron chi connectivity index (χ2n) is 5.14. The fourth-order valence-corrected chi connectivity index (χ4v) is 3.42. The Hall–Kier alpha value is -1.14. The van der Waals surface area contributed by atoms with Crippen LogP contribution in [0.1, 0.15) is 45.3 Å². The standard InChI is InChI=1S/C14H24N4OS/c1-4-6-15-10(3)11-9-20-14(17-11)18-8-7-16-13(19)12(18)5-2/h9-10,12,15H,4-8H2,1-3H3,(H,16,19). The Kier molecular flexibility index (Phi) is 5.37. The number of nitrogens with zero attached hydrogens (tertiary/aromatic N) is 2. The molecule has 0 spiro atoms. The molecule has 0 radical (unpaired) electrons. The molecule has 2 N–H and O–H groups in total. The average Bonchev–Trinajstić information content (AvgIpc) is 2.94. The average molecular weight is 296 g/mol. The third-order valence-corrected chi connectivity index (χ3v) is 4.51. The Morgan fingerprint density at radius 1 is 1.60 bits per heavy atom. The Morgan fingerprint density at radius 2 is 2.40 bits per heavy atom. The number of piperazine rings is 1. The Labute approximate surface area is 124 Å². The van der Waals surface area contributed by atoms with Gasteiger partial charge in [-0.05, 0) is 26.3 Å². The number of nitrogens with one attached hydrogen (secondary N) is 2. The quantitative estimate of drug-likeness (QED) is 0.842. The molecule has 20 heavy (non-hydrogen) atoms. The maximum atomic E-state index is 11.9. The minimum Gasteiger partial charge on any atom is -0.353 e. The molecule has 0 bridgehead atoms. The first kappa shape index (κ1) is 15.3. The Balaban J connectivity index is 2.09. The predicted octanol–water partition coefficient (Wildman–Crippen LogP) is 1.92. The number of anilines is 1. The molecule has 0 aromatic carbocycles. The molecule has 2 heterocycles. The maximum Gasteiger partial charge on any atom is 0.242 e. The highest BCUT2D eigenvalue weighted by molar-refractivity contribution is 7.13. The molecular formula is C14H24N4OS. The highest BCUT2D eigenvalue weighted by atomic mass is 32.1. The lowest BCUT2D eigenvalue weighted by atomic mass is 10.1. The van der Waals surface area contributed by atoms with Crippen molar-refractivity contribution >= 4 is 22.4 Å². The van der Waals surface area contributed by atoms with Gasteiger partial charge in [0.15, 0.2) is 5.13 Å². The van der Waals surface area contributed by atoms with E-state index in [9.17, 15) is 4.79 Å². The third-order valence-electron chi connectivity index (χ3n) is 3.62. The first-order valence-electron chi connectivity index (χ1n) is 7.40. The van der Waals surface area contributed by atoms with Crippen LogP contribution in [0.3, 0.4) is 0 Å². The summed E-state index contributed by atoms with van der Waals surface area (Å²) in [5.41, 5.74) is 1.07. The summed E-state index contributed by atoms with van der Waals surface area (Å²) in [7, 11) is 0. The van der Waals surface area contributed by atoms with Gasteiger partial charge >= 0.3 is 0 Å². The zero-order chi connectivity index (χ0) is 14.5.